The van der Waals surface area contributed by atoms with Crippen molar-refractivity contribution in [1.29, 1.82) is 0 Å². The number of halogens is 1. The molecule has 0 unspecified atom stereocenters. The number of rotatable bonds is 7. The van der Waals surface area contributed by atoms with Gasteiger partial charge in [-0.1, -0.05) is 0 Å². The van der Waals surface area contributed by atoms with E-state index in [1.54, 1.807) is 6.20 Å². The van der Waals surface area contributed by atoms with Gasteiger partial charge in [0.25, 0.3) is 0 Å². The van der Waals surface area contributed by atoms with Gasteiger partial charge in [0.2, 0.25) is 0 Å². The Labute approximate surface area is 154 Å². The van der Waals surface area contributed by atoms with Gasteiger partial charge in [-0.2, -0.15) is 10.2 Å². The van der Waals surface area contributed by atoms with Crippen molar-refractivity contribution in [3.8, 4) is 0 Å². The van der Waals surface area contributed by atoms with Crippen molar-refractivity contribution >= 4 is 29.9 Å². The van der Waals surface area contributed by atoms with Gasteiger partial charge in [-0.25, -0.2) is 4.99 Å². The minimum Gasteiger partial charge on any atom is -0.357 e. The van der Waals surface area contributed by atoms with Gasteiger partial charge in [-0.05, 0) is 31.9 Å². The summed E-state index contributed by atoms with van der Waals surface area (Å²) < 4.78 is 3.81. The fourth-order valence-corrected chi connectivity index (χ4v) is 2.10. The topological polar surface area (TPSA) is 72.1 Å². The number of hydrogen-bond donors (Lipinski definition) is 2. The van der Waals surface area contributed by atoms with Crippen LogP contribution >= 0.6 is 24.0 Å². The zero-order chi connectivity index (χ0) is 15.8. The molecule has 23 heavy (non-hydrogen) atoms. The first-order valence-electron chi connectivity index (χ1n) is 7.67. The minimum atomic E-state index is 0. The van der Waals surface area contributed by atoms with E-state index in [4.69, 9.17) is 0 Å². The first-order chi connectivity index (χ1) is 10.7. The lowest BCUT2D eigenvalue weighted by Gasteiger charge is -2.11. The van der Waals surface area contributed by atoms with E-state index < -0.39 is 0 Å². The molecule has 8 heteroatoms. The van der Waals surface area contributed by atoms with Crippen molar-refractivity contribution in [3.05, 3.63) is 35.9 Å². The average molecular weight is 431 g/mol. The van der Waals surface area contributed by atoms with Gasteiger partial charge in [-0.15, -0.1) is 24.0 Å². The Balaban J connectivity index is 0.00000264. The number of hydrogen-bond acceptors (Lipinski definition) is 3. The molecule has 0 amide bonds. The maximum atomic E-state index is 4.58. The average Bonchev–Trinajstić information content (AvgIpc) is 3.09. The molecule has 2 aromatic rings. The largest absolute Gasteiger partial charge is 0.357 e. The van der Waals surface area contributed by atoms with Crippen LogP contribution in [0.25, 0.3) is 0 Å². The van der Waals surface area contributed by atoms with Crippen LogP contribution in [-0.4, -0.2) is 38.6 Å². The summed E-state index contributed by atoms with van der Waals surface area (Å²) >= 11 is 0. The molecule has 128 valence electrons. The van der Waals surface area contributed by atoms with E-state index in [2.05, 4.69) is 45.9 Å². The van der Waals surface area contributed by atoms with Crippen LogP contribution in [0.5, 0.6) is 0 Å². The Kier molecular flexibility index (Phi) is 8.67. The summed E-state index contributed by atoms with van der Waals surface area (Å²) in [4.78, 5) is 4.58. The monoisotopic (exact) mass is 431 g/mol. The number of aryl methyl sites for hydroxylation is 3. The summed E-state index contributed by atoms with van der Waals surface area (Å²) in [5.74, 6) is 0.834. The van der Waals surface area contributed by atoms with E-state index >= 15 is 0 Å². The SMILES string of the molecule is CCNC(=NCc1ccnn1C)NCCCn1cc(C)cn1.I. The highest BCUT2D eigenvalue weighted by molar-refractivity contribution is 14.0. The lowest BCUT2D eigenvalue weighted by Crippen LogP contribution is -2.38. The minimum absolute atomic E-state index is 0. The fourth-order valence-electron chi connectivity index (χ4n) is 2.10. The third kappa shape index (κ3) is 6.59. The Bertz CT molecular complexity index is 602. The predicted octanol–water partition coefficient (Wildman–Crippen LogP) is 1.69. The number of nitrogens with one attached hydrogen (secondary N) is 2. The van der Waals surface area contributed by atoms with Gasteiger partial charge in [0.05, 0.1) is 18.4 Å². The highest BCUT2D eigenvalue weighted by Gasteiger charge is 2.00. The molecule has 0 bridgehead atoms. The Hall–Kier alpha value is -1.58. The van der Waals surface area contributed by atoms with E-state index in [-0.39, 0.29) is 24.0 Å². The highest BCUT2D eigenvalue weighted by Crippen LogP contribution is 1.98. The molecule has 2 aromatic heterocycles. The molecule has 0 atom stereocenters. The number of nitrogens with zero attached hydrogens (tertiary/aromatic N) is 5. The van der Waals surface area contributed by atoms with Crippen LogP contribution in [0.1, 0.15) is 24.6 Å². The van der Waals surface area contributed by atoms with E-state index in [0.29, 0.717) is 6.54 Å². The Morgan fingerprint density at radius 2 is 2.13 bits per heavy atom. The van der Waals surface area contributed by atoms with Crippen LogP contribution in [0.15, 0.2) is 29.6 Å². The lowest BCUT2D eigenvalue weighted by molar-refractivity contribution is 0.570. The molecule has 2 heterocycles. The zero-order valence-electron chi connectivity index (χ0n) is 14.0. The first kappa shape index (κ1) is 19.5. The van der Waals surface area contributed by atoms with Crippen molar-refractivity contribution in [1.82, 2.24) is 30.2 Å². The van der Waals surface area contributed by atoms with Crippen LogP contribution < -0.4 is 10.6 Å². The van der Waals surface area contributed by atoms with Crippen molar-refractivity contribution < 1.29 is 0 Å². The maximum Gasteiger partial charge on any atom is 0.191 e. The third-order valence-electron chi connectivity index (χ3n) is 3.28. The first-order valence-corrected chi connectivity index (χ1v) is 7.67. The molecule has 0 spiro atoms. The van der Waals surface area contributed by atoms with Crippen molar-refractivity contribution in [2.75, 3.05) is 13.1 Å². The molecule has 0 aromatic carbocycles. The van der Waals surface area contributed by atoms with Gasteiger partial charge in [-0.3, -0.25) is 9.36 Å². The van der Waals surface area contributed by atoms with E-state index in [9.17, 15) is 0 Å². The van der Waals surface area contributed by atoms with Crippen molar-refractivity contribution in [2.45, 2.75) is 33.4 Å². The second-order valence-corrected chi connectivity index (χ2v) is 5.20. The van der Waals surface area contributed by atoms with Crippen LogP contribution in [0, 0.1) is 6.92 Å². The van der Waals surface area contributed by atoms with Gasteiger partial charge in [0.15, 0.2) is 5.96 Å². The summed E-state index contributed by atoms with van der Waals surface area (Å²) in [5.41, 5.74) is 2.28. The second kappa shape index (κ2) is 10.2. The lowest BCUT2D eigenvalue weighted by atomic mass is 10.4. The fraction of sp³-hybridized carbons (Fsp3) is 0.533. The molecule has 7 nitrogen and oxygen atoms in total. The smallest absolute Gasteiger partial charge is 0.191 e. The second-order valence-electron chi connectivity index (χ2n) is 5.20. The van der Waals surface area contributed by atoms with Gasteiger partial charge >= 0.3 is 0 Å². The van der Waals surface area contributed by atoms with Gasteiger partial charge in [0.1, 0.15) is 0 Å². The van der Waals surface area contributed by atoms with Crippen LogP contribution in [-0.2, 0) is 20.1 Å². The van der Waals surface area contributed by atoms with E-state index in [1.165, 1.54) is 5.56 Å². The summed E-state index contributed by atoms with van der Waals surface area (Å²) in [6, 6.07) is 1.98. The van der Waals surface area contributed by atoms with Crippen LogP contribution in [0.4, 0.5) is 0 Å². The van der Waals surface area contributed by atoms with E-state index in [1.807, 2.05) is 28.7 Å². The number of aromatic nitrogens is 4. The maximum absolute atomic E-state index is 4.58. The summed E-state index contributed by atoms with van der Waals surface area (Å²) in [6.45, 7) is 7.34. The third-order valence-corrected chi connectivity index (χ3v) is 3.28. The molecule has 2 rings (SSSR count). The van der Waals surface area contributed by atoms with Gasteiger partial charge in [0, 0.05) is 39.1 Å². The summed E-state index contributed by atoms with van der Waals surface area (Å²) in [7, 11) is 1.93. The number of guanidine groups is 1. The summed E-state index contributed by atoms with van der Waals surface area (Å²) in [5, 5.41) is 15.0. The molecule has 0 aliphatic rings. The summed E-state index contributed by atoms with van der Waals surface area (Å²) in [6.07, 6.45) is 6.73. The molecule has 2 N–H and O–H groups in total. The highest BCUT2D eigenvalue weighted by atomic mass is 127. The molecular formula is C15H26IN7. The number of aliphatic imine (C=N–C) groups is 1. The Morgan fingerprint density at radius 3 is 2.74 bits per heavy atom. The standard InChI is InChI=1S/C15H25N7.HI/c1-4-16-15(18-11-14-6-8-19-21(14)3)17-7-5-9-22-12-13(2)10-20-22;/h6,8,10,12H,4-5,7,9,11H2,1-3H3,(H2,16,17,18);1H. The molecular weight excluding hydrogens is 405 g/mol. The van der Waals surface area contributed by atoms with E-state index in [0.717, 1.165) is 37.7 Å². The molecule has 0 saturated carbocycles. The molecule has 0 radical (unpaired) electrons. The normalized spacial score (nSPS) is 11.2. The Morgan fingerprint density at radius 1 is 1.30 bits per heavy atom. The molecule has 0 aliphatic heterocycles. The molecule has 0 saturated heterocycles. The molecule has 0 aliphatic carbocycles. The van der Waals surface area contributed by atoms with Crippen LogP contribution in [0.3, 0.4) is 0 Å². The van der Waals surface area contributed by atoms with Crippen LogP contribution in [0.2, 0.25) is 0 Å². The molecule has 0 fully saturated rings. The van der Waals surface area contributed by atoms with Gasteiger partial charge < -0.3 is 10.6 Å². The zero-order valence-corrected chi connectivity index (χ0v) is 16.3. The van der Waals surface area contributed by atoms with Crippen molar-refractivity contribution in [3.63, 3.8) is 0 Å². The predicted molar refractivity (Wildman–Crippen MR) is 103 cm³/mol. The van der Waals surface area contributed by atoms with Crippen molar-refractivity contribution in [2.24, 2.45) is 12.0 Å². The quantitative estimate of drug-likeness (QED) is 0.303.